The molecule has 0 unspecified atom stereocenters. The minimum absolute atomic E-state index is 0.0141. The molecule has 406 valence electrons. The number of ether oxygens (including phenoxy) is 9. The van der Waals surface area contributed by atoms with Crippen molar-refractivity contribution in [2.45, 2.75) is 208 Å². The van der Waals surface area contributed by atoms with Crippen LogP contribution in [0.15, 0.2) is 11.3 Å². The second kappa shape index (κ2) is 21.4. The molecule has 0 spiro atoms. The lowest BCUT2D eigenvalue weighted by Gasteiger charge is -2.60. The highest BCUT2D eigenvalue weighted by Gasteiger charge is 2.66. The van der Waals surface area contributed by atoms with Gasteiger partial charge in [0.25, 0.3) is 0 Å². The number of fused-ring (bicyclic) bond motifs is 7. The Morgan fingerprint density at radius 2 is 1.31 bits per heavy atom. The number of aliphatic hydroxyl groups excluding tert-OH is 12. The first-order valence-corrected chi connectivity index (χ1v) is 25.7. The van der Waals surface area contributed by atoms with Crippen LogP contribution in [0, 0.1) is 46.3 Å². The van der Waals surface area contributed by atoms with Gasteiger partial charge in [0.15, 0.2) is 25.2 Å². The summed E-state index contributed by atoms with van der Waals surface area (Å²) in [4.78, 5) is 14.5. The van der Waals surface area contributed by atoms with Crippen LogP contribution >= 0.6 is 0 Å². The first kappa shape index (κ1) is 54.2. The normalized spacial score (nSPS) is 52.6. The van der Waals surface area contributed by atoms with Crippen LogP contribution in [0.5, 0.6) is 0 Å². The van der Waals surface area contributed by atoms with E-state index in [2.05, 4.69) is 20.8 Å². The summed E-state index contributed by atoms with van der Waals surface area (Å²) in [6, 6.07) is 0. The van der Waals surface area contributed by atoms with Gasteiger partial charge in [-0.15, -0.1) is 0 Å². The number of allylic oxidation sites excluding steroid dienone is 1. The number of hydrogen-bond donors (Lipinski definition) is 12. The van der Waals surface area contributed by atoms with Crippen molar-refractivity contribution in [3.63, 3.8) is 0 Å². The van der Waals surface area contributed by atoms with E-state index in [9.17, 15) is 66.1 Å². The second-order valence-corrected chi connectivity index (χ2v) is 22.8. The highest BCUT2D eigenvalue weighted by Crippen LogP contribution is 2.69. The molecule has 8 fully saturated rings. The third kappa shape index (κ3) is 10.0. The Bertz CT molecular complexity index is 1880. The summed E-state index contributed by atoms with van der Waals surface area (Å²) < 4.78 is 53.2. The Kier molecular flexibility index (Phi) is 16.4. The number of carbonyl (C=O) groups is 1. The smallest absolute Gasteiger partial charge is 0.186 e. The van der Waals surface area contributed by atoms with Gasteiger partial charge in [-0.3, -0.25) is 4.79 Å². The molecule has 22 heteroatoms. The largest absolute Gasteiger partial charge is 0.494 e. The zero-order chi connectivity index (χ0) is 51.0. The molecule has 12 N–H and O–H groups in total. The minimum Gasteiger partial charge on any atom is -0.494 e. The molecule has 71 heavy (non-hydrogen) atoms. The van der Waals surface area contributed by atoms with Crippen molar-refractivity contribution in [3.05, 3.63) is 11.3 Å². The van der Waals surface area contributed by atoms with Gasteiger partial charge in [0.05, 0.1) is 44.9 Å². The number of hydrogen-bond acceptors (Lipinski definition) is 22. The maximum Gasteiger partial charge on any atom is 0.186 e. The van der Waals surface area contributed by atoms with Crippen LogP contribution in [0.2, 0.25) is 0 Å². The molecule has 28 atom stereocenters. The van der Waals surface area contributed by atoms with Crippen LogP contribution in [0.4, 0.5) is 0 Å². The standard InChI is InChI=1S/C49H78O22/c1-19(15-63-45-41(61)37(57)36(56)31(14-50)69-45)5-6-29-20(2)33-30(68-29)13-24-22-12-26(51)25-11-21(7-9-48(25,3)23(22)8-10-49(24,33)4)67-47-42(62)38(58)43(71-46-40(60)35(55)28(53)17-65-46)32(70-47)18-66-44-39(59)34(54)27(52)16-64-44/h19,21-25,27-28,30-47,50,52-62H,5-18H2,1-4H3/t19-,21-,22+,23-,24-,25+,27+,28+,30-,31+,32+,33-,34+,35-,36+,37-,38+,39-,40+,41+,42+,43+,44+,45+,46-,47+,48+,49-/m0/s1. The Morgan fingerprint density at radius 3 is 2.01 bits per heavy atom. The lowest BCUT2D eigenvalue weighted by atomic mass is 9.44. The fourth-order valence-electron chi connectivity index (χ4n) is 14.3. The molecule has 22 nitrogen and oxygen atoms in total. The van der Waals surface area contributed by atoms with Crippen molar-refractivity contribution in [2.75, 3.05) is 33.0 Å². The maximum absolute atomic E-state index is 14.5. The minimum atomic E-state index is -1.74. The molecule has 0 aromatic carbocycles. The second-order valence-electron chi connectivity index (χ2n) is 22.8. The summed E-state index contributed by atoms with van der Waals surface area (Å²) in [6.45, 7) is 7.28. The molecule has 4 saturated heterocycles. The van der Waals surface area contributed by atoms with Gasteiger partial charge in [-0.25, -0.2) is 0 Å². The summed E-state index contributed by atoms with van der Waals surface area (Å²) in [5, 5.41) is 125. The number of aliphatic hydroxyl groups is 12. The molecule has 4 saturated carbocycles. The topological polar surface area (TPSA) is 343 Å². The van der Waals surface area contributed by atoms with Crippen LogP contribution in [-0.4, -0.2) is 223 Å². The van der Waals surface area contributed by atoms with E-state index in [1.807, 2.05) is 6.92 Å². The van der Waals surface area contributed by atoms with Crippen molar-refractivity contribution in [3.8, 4) is 0 Å². The molecule has 9 aliphatic rings. The average molecular weight is 1020 g/mol. The van der Waals surface area contributed by atoms with Gasteiger partial charge in [0.1, 0.15) is 97.3 Å². The number of ketones is 1. The van der Waals surface area contributed by atoms with Crippen LogP contribution < -0.4 is 0 Å². The zero-order valence-electron chi connectivity index (χ0n) is 40.9. The van der Waals surface area contributed by atoms with Gasteiger partial charge in [-0.05, 0) is 91.9 Å². The van der Waals surface area contributed by atoms with E-state index in [4.69, 9.17) is 42.6 Å². The third-order valence-corrected chi connectivity index (χ3v) is 18.5. The lowest BCUT2D eigenvalue weighted by molar-refractivity contribution is -0.361. The van der Waals surface area contributed by atoms with Crippen molar-refractivity contribution in [1.29, 1.82) is 0 Å². The molecule has 4 aliphatic carbocycles. The molecule has 9 rings (SSSR count). The summed E-state index contributed by atoms with van der Waals surface area (Å²) in [5.74, 6) is 1.89. The van der Waals surface area contributed by atoms with Crippen molar-refractivity contribution in [1.82, 2.24) is 0 Å². The van der Waals surface area contributed by atoms with Gasteiger partial charge in [0.2, 0.25) is 0 Å². The summed E-state index contributed by atoms with van der Waals surface area (Å²) in [7, 11) is 0. The SMILES string of the molecule is CC1=C(CC[C@H](C)CO[C@@H]2O[C@H](CO)[C@@H](O)[C@H](O)[C@H]2O)O[C@H]2C[C@H]3[C@@H]4CC(=O)[C@H]5C[C@@H](O[C@@H]6O[C@H](CO[C@H]7OC[C@@H](O)[C@@H](O)[C@@H]7O)[C@@H](O[C@@H]7OC[C@@H](O)[C@H](O)[C@H]7O)[C@H](O)[C@H]6O)CC[C@]5(C)[C@H]4CC[C@]3(C)[C@@H]12. The molecule has 5 aliphatic heterocycles. The fraction of sp³-hybridized carbons (Fsp3) is 0.939. The quantitative estimate of drug-likeness (QED) is 0.0797. The first-order valence-electron chi connectivity index (χ1n) is 25.7. The summed E-state index contributed by atoms with van der Waals surface area (Å²) >= 11 is 0. The van der Waals surface area contributed by atoms with E-state index in [1.54, 1.807) is 0 Å². The van der Waals surface area contributed by atoms with Crippen molar-refractivity contribution >= 4 is 5.78 Å². The summed E-state index contributed by atoms with van der Waals surface area (Å²) in [6.07, 6.45) is -20.9. The predicted octanol–water partition coefficient (Wildman–Crippen LogP) is -2.55. The van der Waals surface area contributed by atoms with Crippen LogP contribution in [0.3, 0.4) is 0 Å². The van der Waals surface area contributed by atoms with Gasteiger partial charge in [-0.2, -0.15) is 0 Å². The van der Waals surface area contributed by atoms with Gasteiger partial charge in [-0.1, -0.05) is 20.8 Å². The Hall–Kier alpha value is -1.59. The highest BCUT2D eigenvalue weighted by atomic mass is 16.8. The Balaban J connectivity index is 0.816. The van der Waals surface area contributed by atoms with Crippen LogP contribution in [-0.2, 0) is 47.4 Å². The fourth-order valence-corrected chi connectivity index (χ4v) is 14.3. The Labute approximate surface area is 412 Å². The molecule has 0 radical (unpaired) electrons. The van der Waals surface area contributed by atoms with Crippen molar-refractivity contribution < 1.29 is 109 Å². The molecular formula is C49H78O22. The Morgan fingerprint density at radius 1 is 0.676 bits per heavy atom. The molecule has 0 aromatic rings. The van der Waals surface area contributed by atoms with Crippen molar-refractivity contribution in [2.24, 2.45) is 46.3 Å². The third-order valence-electron chi connectivity index (χ3n) is 18.5. The van der Waals surface area contributed by atoms with Crippen LogP contribution in [0.25, 0.3) is 0 Å². The monoisotopic (exact) mass is 1020 g/mol. The number of carbonyl (C=O) groups excluding carboxylic acids is 1. The van der Waals surface area contributed by atoms with Gasteiger partial charge < -0.3 is 104 Å². The number of rotatable bonds is 14. The van der Waals surface area contributed by atoms with Crippen LogP contribution in [0.1, 0.15) is 85.5 Å². The molecule has 0 aromatic heterocycles. The van der Waals surface area contributed by atoms with Gasteiger partial charge in [0, 0.05) is 24.7 Å². The average Bonchev–Trinajstić information content (AvgIpc) is 3.83. The van der Waals surface area contributed by atoms with E-state index < -0.39 is 137 Å². The lowest BCUT2D eigenvalue weighted by Crippen LogP contribution is -2.64. The molecule has 5 heterocycles. The van der Waals surface area contributed by atoms with E-state index >= 15 is 0 Å². The van der Waals surface area contributed by atoms with E-state index in [-0.39, 0.29) is 65.5 Å². The van der Waals surface area contributed by atoms with E-state index in [1.165, 1.54) is 5.57 Å². The van der Waals surface area contributed by atoms with E-state index in [0.717, 1.165) is 31.4 Å². The van der Waals surface area contributed by atoms with E-state index in [0.29, 0.717) is 38.0 Å². The number of Topliss-reactive ketones (excluding diaryl/α,β-unsaturated/α-hetero) is 1. The molecule has 0 bridgehead atoms. The summed E-state index contributed by atoms with van der Waals surface area (Å²) in [5.41, 5.74) is 0.897. The molecular weight excluding hydrogens is 941 g/mol. The zero-order valence-corrected chi connectivity index (χ0v) is 40.9. The molecule has 0 amide bonds. The predicted molar refractivity (Wildman–Crippen MR) is 239 cm³/mol. The van der Waals surface area contributed by atoms with Gasteiger partial charge >= 0.3 is 0 Å². The highest BCUT2D eigenvalue weighted by molar-refractivity contribution is 5.83. The maximum atomic E-state index is 14.5. The first-order chi connectivity index (χ1) is 33.7.